The third-order valence-corrected chi connectivity index (χ3v) is 2.97. The molecule has 0 bridgehead atoms. The molecule has 0 radical (unpaired) electrons. The topological polar surface area (TPSA) is 17.1 Å². The second-order valence-corrected chi connectivity index (χ2v) is 4.31. The third-order valence-electron chi connectivity index (χ3n) is 2.24. The Hall–Kier alpha value is -0.700. The van der Waals surface area contributed by atoms with Crippen LogP contribution in [0.25, 0.3) is 0 Å². The summed E-state index contributed by atoms with van der Waals surface area (Å²) in [4.78, 5) is 11.0. The zero-order valence-corrected chi connectivity index (χ0v) is 9.77. The molecule has 0 saturated heterocycles. The first-order chi connectivity index (χ1) is 6.50. The maximum atomic E-state index is 12.7. The first kappa shape index (κ1) is 11.4. The van der Waals surface area contributed by atoms with E-state index in [9.17, 15) is 9.18 Å². The molecule has 0 aromatic heterocycles. The van der Waals surface area contributed by atoms with Crippen LogP contribution in [0.4, 0.5) is 4.39 Å². The van der Waals surface area contributed by atoms with E-state index in [4.69, 9.17) is 0 Å². The minimum atomic E-state index is -0.267. The van der Waals surface area contributed by atoms with Crippen molar-refractivity contribution in [2.24, 2.45) is 5.92 Å². The van der Waals surface area contributed by atoms with E-state index in [-0.39, 0.29) is 17.5 Å². The van der Waals surface area contributed by atoms with Gasteiger partial charge in [-0.05, 0) is 31.0 Å². The molecule has 0 heterocycles. The summed E-state index contributed by atoms with van der Waals surface area (Å²) in [5, 5.41) is 0. The molecular weight excluding hydrogens is 247 g/mol. The van der Waals surface area contributed by atoms with Gasteiger partial charge in [0.05, 0.1) is 0 Å². The predicted octanol–water partition coefficient (Wildman–Crippen LogP) is 3.36. The first-order valence-electron chi connectivity index (χ1n) is 4.45. The lowest BCUT2D eigenvalue weighted by molar-refractivity contribution is -0.120. The van der Waals surface area contributed by atoms with Gasteiger partial charge in [-0.25, -0.2) is 4.39 Å². The fraction of sp³-hybridized carbons (Fsp3) is 0.364. The highest BCUT2D eigenvalue weighted by atomic mass is 79.9. The number of rotatable bonds is 3. The number of Topliss-reactive ketones (excluding diaryl/α,β-unsaturated/α-hetero) is 1. The SMILES string of the molecule is CC(=O)C(C)Cc1ccc(F)cc1Br. The van der Waals surface area contributed by atoms with Crippen LogP contribution in [0.1, 0.15) is 19.4 Å². The van der Waals surface area contributed by atoms with Crippen molar-refractivity contribution in [1.29, 1.82) is 0 Å². The summed E-state index contributed by atoms with van der Waals surface area (Å²) in [6.45, 7) is 3.44. The molecule has 1 atom stereocenters. The van der Waals surface area contributed by atoms with Crippen LogP contribution >= 0.6 is 15.9 Å². The highest BCUT2D eigenvalue weighted by Crippen LogP contribution is 2.21. The molecule has 1 rings (SSSR count). The average Bonchev–Trinajstić information content (AvgIpc) is 2.09. The van der Waals surface area contributed by atoms with Crippen molar-refractivity contribution >= 4 is 21.7 Å². The molecule has 1 nitrogen and oxygen atoms in total. The molecule has 0 fully saturated rings. The van der Waals surface area contributed by atoms with Crippen molar-refractivity contribution in [1.82, 2.24) is 0 Å². The van der Waals surface area contributed by atoms with Gasteiger partial charge in [0, 0.05) is 10.4 Å². The quantitative estimate of drug-likeness (QED) is 0.813. The van der Waals surface area contributed by atoms with Gasteiger partial charge in [-0.1, -0.05) is 28.9 Å². The number of carbonyl (C=O) groups excluding carboxylic acids is 1. The lowest BCUT2D eigenvalue weighted by atomic mass is 9.98. The Morgan fingerprint density at radius 2 is 2.21 bits per heavy atom. The van der Waals surface area contributed by atoms with E-state index in [1.54, 1.807) is 13.0 Å². The van der Waals surface area contributed by atoms with Gasteiger partial charge in [-0.3, -0.25) is 4.79 Å². The van der Waals surface area contributed by atoms with Gasteiger partial charge in [0.1, 0.15) is 11.6 Å². The first-order valence-corrected chi connectivity index (χ1v) is 5.24. The molecular formula is C11H12BrFO. The lowest BCUT2D eigenvalue weighted by Gasteiger charge is -2.09. The summed E-state index contributed by atoms with van der Waals surface area (Å²) in [6.07, 6.45) is 0.649. The smallest absolute Gasteiger partial charge is 0.132 e. The van der Waals surface area contributed by atoms with Crippen LogP contribution in [-0.2, 0) is 11.2 Å². The van der Waals surface area contributed by atoms with Crippen molar-refractivity contribution in [3.63, 3.8) is 0 Å². The highest BCUT2D eigenvalue weighted by molar-refractivity contribution is 9.10. The number of benzene rings is 1. The van der Waals surface area contributed by atoms with E-state index in [1.807, 2.05) is 6.92 Å². The van der Waals surface area contributed by atoms with Gasteiger partial charge in [0.25, 0.3) is 0 Å². The predicted molar refractivity (Wildman–Crippen MR) is 57.6 cm³/mol. The fourth-order valence-electron chi connectivity index (χ4n) is 1.16. The van der Waals surface area contributed by atoms with Crippen LogP contribution in [-0.4, -0.2) is 5.78 Å². The van der Waals surface area contributed by atoms with Gasteiger partial charge in [0.15, 0.2) is 0 Å². The minimum absolute atomic E-state index is 0.0169. The van der Waals surface area contributed by atoms with Crippen LogP contribution in [0, 0.1) is 11.7 Å². The summed E-state index contributed by atoms with van der Waals surface area (Å²) in [5.41, 5.74) is 0.967. The van der Waals surface area contributed by atoms with Gasteiger partial charge in [-0.2, -0.15) is 0 Å². The molecule has 1 aromatic rings. The summed E-state index contributed by atoms with van der Waals surface area (Å²) in [6, 6.07) is 4.54. The molecule has 1 aromatic carbocycles. The monoisotopic (exact) mass is 258 g/mol. The standard InChI is InChI=1S/C11H12BrFO/c1-7(8(2)14)5-9-3-4-10(13)6-11(9)12/h3-4,6-7H,5H2,1-2H3. The number of halogens is 2. The van der Waals surface area contributed by atoms with Crippen LogP contribution in [0.15, 0.2) is 22.7 Å². The second-order valence-electron chi connectivity index (χ2n) is 3.45. The zero-order chi connectivity index (χ0) is 10.7. The van der Waals surface area contributed by atoms with Gasteiger partial charge in [-0.15, -0.1) is 0 Å². The molecule has 0 saturated carbocycles. The number of ketones is 1. The zero-order valence-electron chi connectivity index (χ0n) is 8.18. The summed E-state index contributed by atoms with van der Waals surface area (Å²) in [5.74, 6) is -0.130. The summed E-state index contributed by atoms with van der Waals surface area (Å²) in [7, 11) is 0. The van der Waals surface area contributed by atoms with Gasteiger partial charge < -0.3 is 0 Å². The Morgan fingerprint density at radius 3 is 2.71 bits per heavy atom. The van der Waals surface area contributed by atoms with E-state index in [0.29, 0.717) is 6.42 Å². The maximum Gasteiger partial charge on any atom is 0.132 e. The third kappa shape index (κ3) is 2.91. The molecule has 76 valence electrons. The van der Waals surface area contributed by atoms with Crippen molar-refractivity contribution < 1.29 is 9.18 Å². The molecule has 1 unspecified atom stereocenters. The van der Waals surface area contributed by atoms with Crippen molar-refractivity contribution in [3.8, 4) is 0 Å². The molecule has 3 heteroatoms. The van der Waals surface area contributed by atoms with Crippen LogP contribution in [0.5, 0.6) is 0 Å². The average molecular weight is 259 g/mol. The molecule has 0 spiro atoms. The van der Waals surface area contributed by atoms with E-state index >= 15 is 0 Å². The van der Waals surface area contributed by atoms with Gasteiger partial charge >= 0.3 is 0 Å². The van der Waals surface area contributed by atoms with Gasteiger partial charge in [0.2, 0.25) is 0 Å². The number of hydrogen-bond acceptors (Lipinski definition) is 1. The number of hydrogen-bond donors (Lipinski definition) is 0. The van der Waals surface area contributed by atoms with Crippen LogP contribution in [0.2, 0.25) is 0 Å². The molecule has 0 aliphatic carbocycles. The van der Waals surface area contributed by atoms with E-state index in [2.05, 4.69) is 15.9 Å². The maximum absolute atomic E-state index is 12.7. The normalized spacial score (nSPS) is 12.6. The highest BCUT2D eigenvalue weighted by Gasteiger charge is 2.10. The Bertz CT molecular complexity index is 349. The molecule has 0 aliphatic rings. The summed E-state index contributed by atoms with van der Waals surface area (Å²) < 4.78 is 13.5. The van der Waals surface area contributed by atoms with Crippen molar-refractivity contribution in [2.45, 2.75) is 20.3 Å². The largest absolute Gasteiger partial charge is 0.300 e. The molecule has 0 N–H and O–H groups in total. The van der Waals surface area contributed by atoms with E-state index < -0.39 is 0 Å². The minimum Gasteiger partial charge on any atom is -0.300 e. The van der Waals surface area contributed by atoms with Crippen LogP contribution < -0.4 is 0 Å². The Morgan fingerprint density at radius 1 is 1.57 bits per heavy atom. The Kier molecular flexibility index (Phi) is 3.81. The molecule has 14 heavy (non-hydrogen) atoms. The van der Waals surface area contributed by atoms with Crippen molar-refractivity contribution in [3.05, 3.63) is 34.1 Å². The van der Waals surface area contributed by atoms with Crippen LogP contribution in [0.3, 0.4) is 0 Å². The number of carbonyl (C=O) groups is 1. The van der Waals surface area contributed by atoms with E-state index in [1.165, 1.54) is 12.1 Å². The Labute approximate surface area is 91.5 Å². The lowest BCUT2D eigenvalue weighted by Crippen LogP contribution is -2.09. The molecule has 0 aliphatic heterocycles. The fourth-order valence-corrected chi connectivity index (χ4v) is 1.67. The van der Waals surface area contributed by atoms with Crippen molar-refractivity contribution in [2.75, 3.05) is 0 Å². The van der Waals surface area contributed by atoms with E-state index in [0.717, 1.165) is 10.0 Å². The Balaban J connectivity index is 2.82. The molecule has 0 amide bonds. The second kappa shape index (κ2) is 4.69. The summed E-state index contributed by atoms with van der Waals surface area (Å²) >= 11 is 3.27.